The molecule has 0 unspecified atom stereocenters. The number of hydrogen-bond donors (Lipinski definition) is 1. The van der Waals surface area contributed by atoms with Crippen LogP contribution in [0.1, 0.15) is 32.6 Å². The number of benzene rings is 1. The van der Waals surface area contributed by atoms with Gasteiger partial charge in [0.1, 0.15) is 0 Å². The Morgan fingerprint density at radius 2 is 1.95 bits per heavy atom. The van der Waals surface area contributed by atoms with Gasteiger partial charge in [0.2, 0.25) is 5.92 Å². The molecule has 12 heteroatoms. The van der Waals surface area contributed by atoms with Gasteiger partial charge in [-0.05, 0) is 50.7 Å². The molecule has 1 aromatic heterocycles. The summed E-state index contributed by atoms with van der Waals surface area (Å²) >= 11 is 5.59. The van der Waals surface area contributed by atoms with Gasteiger partial charge in [-0.3, -0.25) is 24.5 Å². The van der Waals surface area contributed by atoms with E-state index in [1.165, 1.54) is 44.7 Å². The van der Waals surface area contributed by atoms with E-state index >= 15 is 0 Å². The monoisotopic (exact) mass is 537 g/mol. The fraction of sp³-hybridized carbons (Fsp3) is 0.400. The largest absolute Gasteiger partial charge is 0.356 e. The molecule has 8 nitrogen and oxygen atoms in total. The van der Waals surface area contributed by atoms with Crippen molar-refractivity contribution in [2.75, 3.05) is 11.9 Å². The first kappa shape index (κ1) is 28.1. The number of aliphatic imine (C=N–C) groups is 2. The van der Waals surface area contributed by atoms with Crippen molar-refractivity contribution in [1.29, 1.82) is 0 Å². The van der Waals surface area contributed by atoms with Crippen molar-refractivity contribution < 1.29 is 27.3 Å². The lowest BCUT2D eigenvalue weighted by Gasteiger charge is -2.42. The molecular formula is C25H27ClF3N5O3. The van der Waals surface area contributed by atoms with Crippen molar-refractivity contribution in [2.24, 2.45) is 9.98 Å². The normalized spacial score (nSPS) is 18.7. The van der Waals surface area contributed by atoms with Gasteiger partial charge in [-0.15, -0.1) is 0 Å². The summed E-state index contributed by atoms with van der Waals surface area (Å²) in [6.45, 7) is 4.79. The number of nitrogens with zero attached hydrogens (tertiary/aromatic N) is 4. The molecule has 0 bridgehead atoms. The Bertz CT molecular complexity index is 1160. The van der Waals surface area contributed by atoms with E-state index in [4.69, 9.17) is 16.1 Å². The molecule has 198 valence electrons. The van der Waals surface area contributed by atoms with Crippen molar-refractivity contribution >= 4 is 42.0 Å². The summed E-state index contributed by atoms with van der Waals surface area (Å²) in [6, 6.07) is 7.23. The first-order valence-electron chi connectivity index (χ1n) is 11.4. The second-order valence-corrected chi connectivity index (χ2v) is 9.11. The van der Waals surface area contributed by atoms with Crippen LogP contribution in [-0.2, 0) is 9.59 Å². The number of alkyl halides is 4. The third-order valence-electron chi connectivity index (χ3n) is 6.26. The van der Waals surface area contributed by atoms with Gasteiger partial charge < -0.3 is 9.84 Å². The molecule has 1 aliphatic carbocycles. The number of nitrogens with one attached hydrogen (secondary N) is 1. The minimum Gasteiger partial charge on any atom is -0.356 e. The molecule has 0 spiro atoms. The molecule has 1 saturated carbocycles. The SMILES string of the molecule is C=N/C=C(\C=NC)[C@@](C)(C(=O)NC1CCC(F)(F)CC1)N(C(=O)[C@H](F)Cl)c1ccc(-c2ccno2)cc1. The Morgan fingerprint density at radius 3 is 2.46 bits per heavy atom. The van der Waals surface area contributed by atoms with Gasteiger partial charge in [-0.2, -0.15) is 0 Å². The van der Waals surface area contributed by atoms with Crippen LogP contribution in [0, 0.1) is 0 Å². The molecule has 3 rings (SSSR count). The average molecular weight is 538 g/mol. The molecule has 2 aromatic rings. The molecule has 1 aromatic carbocycles. The molecule has 1 heterocycles. The molecule has 2 amide bonds. The van der Waals surface area contributed by atoms with Crippen LogP contribution in [0.5, 0.6) is 0 Å². The number of carbonyl (C=O) groups excluding carboxylic acids is 2. The molecular weight excluding hydrogens is 511 g/mol. The van der Waals surface area contributed by atoms with Gasteiger partial charge in [0.25, 0.3) is 17.4 Å². The lowest BCUT2D eigenvalue weighted by molar-refractivity contribution is -0.130. The van der Waals surface area contributed by atoms with Crippen molar-refractivity contribution in [3.8, 4) is 11.3 Å². The van der Waals surface area contributed by atoms with E-state index in [0.717, 1.165) is 4.90 Å². The summed E-state index contributed by atoms with van der Waals surface area (Å²) in [5, 5.41) is 6.41. The van der Waals surface area contributed by atoms with Crippen LogP contribution in [0.4, 0.5) is 18.9 Å². The third-order valence-corrected chi connectivity index (χ3v) is 6.44. The van der Waals surface area contributed by atoms with Gasteiger partial charge >= 0.3 is 0 Å². The van der Waals surface area contributed by atoms with Gasteiger partial charge in [-0.1, -0.05) is 16.8 Å². The number of hydrogen-bond acceptors (Lipinski definition) is 6. The summed E-state index contributed by atoms with van der Waals surface area (Å²) < 4.78 is 46.8. The molecule has 0 aliphatic heterocycles. The number of rotatable bonds is 9. The highest BCUT2D eigenvalue weighted by Crippen LogP contribution is 2.36. The number of aromatic nitrogens is 1. The zero-order valence-corrected chi connectivity index (χ0v) is 21.1. The van der Waals surface area contributed by atoms with Crippen LogP contribution in [-0.4, -0.2) is 60.1 Å². The summed E-state index contributed by atoms with van der Waals surface area (Å²) in [7, 11) is 1.44. The van der Waals surface area contributed by atoms with Crippen LogP contribution in [0.3, 0.4) is 0 Å². The summed E-state index contributed by atoms with van der Waals surface area (Å²) in [4.78, 5) is 35.6. The maximum absolute atomic E-state index is 14.4. The first-order chi connectivity index (χ1) is 17.5. The lowest BCUT2D eigenvalue weighted by atomic mass is 9.86. The number of anilines is 1. The van der Waals surface area contributed by atoms with E-state index < -0.39 is 34.9 Å². The van der Waals surface area contributed by atoms with Crippen molar-refractivity contribution in [3.63, 3.8) is 0 Å². The zero-order chi connectivity index (χ0) is 27.2. The van der Waals surface area contributed by atoms with Gasteiger partial charge in [0.15, 0.2) is 11.3 Å². The van der Waals surface area contributed by atoms with Gasteiger partial charge in [0, 0.05) is 61.2 Å². The van der Waals surface area contributed by atoms with Crippen LogP contribution in [0.25, 0.3) is 11.3 Å². The molecule has 0 radical (unpaired) electrons. The Morgan fingerprint density at radius 1 is 1.30 bits per heavy atom. The number of amides is 2. The van der Waals surface area contributed by atoms with Crippen molar-refractivity contribution in [1.82, 2.24) is 10.5 Å². The third kappa shape index (κ3) is 6.27. The average Bonchev–Trinajstić information content (AvgIpc) is 3.40. The lowest BCUT2D eigenvalue weighted by Crippen LogP contribution is -2.63. The molecule has 2 atom stereocenters. The topological polar surface area (TPSA) is 100 Å². The van der Waals surface area contributed by atoms with Crippen molar-refractivity contribution in [2.45, 2.75) is 55.7 Å². The van der Waals surface area contributed by atoms with E-state index in [2.05, 4.69) is 27.2 Å². The van der Waals surface area contributed by atoms with E-state index in [9.17, 15) is 22.8 Å². The Labute approximate surface area is 217 Å². The molecule has 1 fully saturated rings. The smallest absolute Gasteiger partial charge is 0.278 e. The second kappa shape index (κ2) is 11.7. The van der Waals surface area contributed by atoms with Crippen LogP contribution >= 0.6 is 11.6 Å². The number of carbonyl (C=O) groups is 2. The summed E-state index contributed by atoms with van der Waals surface area (Å²) in [5.74, 6) is -4.32. The predicted octanol–water partition coefficient (Wildman–Crippen LogP) is 4.95. The van der Waals surface area contributed by atoms with Crippen molar-refractivity contribution in [3.05, 3.63) is 48.3 Å². The summed E-state index contributed by atoms with van der Waals surface area (Å²) in [5.41, 5.74) is -3.60. The highest BCUT2D eigenvalue weighted by molar-refractivity contribution is 6.32. The van der Waals surface area contributed by atoms with Crippen LogP contribution in [0.2, 0.25) is 0 Å². The predicted molar refractivity (Wildman–Crippen MR) is 136 cm³/mol. The second-order valence-electron chi connectivity index (χ2n) is 8.73. The van der Waals surface area contributed by atoms with Crippen LogP contribution in [0.15, 0.2) is 62.8 Å². The Balaban J connectivity index is 2.10. The van der Waals surface area contributed by atoms with E-state index in [1.54, 1.807) is 18.2 Å². The fourth-order valence-corrected chi connectivity index (χ4v) is 4.33. The number of halogens is 4. The minimum absolute atomic E-state index is 0.0382. The minimum atomic E-state index is -2.80. The maximum Gasteiger partial charge on any atom is 0.278 e. The molecule has 0 saturated heterocycles. The maximum atomic E-state index is 14.4. The van der Waals surface area contributed by atoms with Gasteiger partial charge in [0.05, 0.1) is 6.20 Å². The Kier molecular flexibility index (Phi) is 8.90. The van der Waals surface area contributed by atoms with Gasteiger partial charge in [-0.25, -0.2) is 13.2 Å². The standard InChI is InChI=1S/C25H27ClF3N5O3/c1-24(17(14-30-2)15-31-3,23(36)33-18-8-11-25(28,29)12-9-18)34(22(35)21(26)27)19-6-4-16(5-7-19)20-10-13-32-37-20/h4-7,10,13-15,18,21H,2,8-9,11-12H2,1,3H3,(H,33,36)/b17-14+,31-15?/t21-,24-/m0/s1. The molecule has 1 aliphatic rings. The molecule has 37 heavy (non-hydrogen) atoms. The van der Waals surface area contributed by atoms with E-state index in [0.29, 0.717) is 11.3 Å². The first-order valence-corrected chi connectivity index (χ1v) is 11.9. The van der Waals surface area contributed by atoms with E-state index in [-0.39, 0.29) is 36.9 Å². The Hall–Kier alpha value is -3.47. The van der Waals surface area contributed by atoms with E-state index in [1.807, 2.05) is 0 Å². The summed E-state index contributed by atoms with van der Waals surface area (Å²) in [6.07, 6.45) is 3.27. The van der Waals surface area contributed by atoms with Crippen LogP contribution < -0.4 is 10.2 Å². The zero-order valence-electron chi connectivity index (χ0n) is 20.3. The fourth-order valence-electron chi connectivity index (χ4n) is 4.24. The quantitative estimate of drug-likeness (QED) is 0.361. The molecule has 1 N–H and O–H groups in total. The highest BCUT2D eigenvalue weighted by Gasteiger charge is 2.48. The highest BCUT2D eigenvalue weighted by atomic mass is 35.5.